The highest BCUT2D eigenvalue weighted by molar-refractivity contribution is 6.05. The zero-order valence-corrected chi connectivity index (χ0v) is 21.3. The van der Waals surface area contributed by atoms with Crippen LogP contribution in [0.2, 0.25) is 0 Å². The van der Waals surface area contributed by atoms with Crippen molar-refractivity contribution >= 4 is 28.4 Å². The SMILES string of the molecule is CN(C(=O)c1ccc(C(F)(F)F)cc1)c1ccc(Oc2ccc3c(c2)cc(C(=O)N2CCNCC2)n3C)nc1. The summed E-state index contributed by atoms with van der Waals surface area (Å²) in [5.74, 6) is 0.343. The van der Waals surface area contributed by atoms with Crippen LogP contribution in [-0.4, -0.2) is 59.5 Å². The molecule has 39 heavy (non-hydrogen) atoms. The van der Waals surface area contributed by atoms with Crippen molar-refractivity contribution in [2.24, 2.45) is 7.05 Å². The van der Waals surface area contributed by atoms with Gasteiger partial charge in [-0.2, -0.15) is 13.2 Å². The Morgan fingerprint density at radius 1 is 1.00 bits per heavy atom. The van der Waals surface area contributed by atoms with E-state index in [2.05, 4.69) is 10.3 Å². The highest BCUT2D eigenvalue weighted by Crippen LogP contribution is 2.30. The minimum absolute atomic E-state index is 0.00936. The number of pyridine rings is 1. The second kappa shape index (κ2) is 10.4. The molecule has 2 aromatic heterocycles. The minimum atomic E-state index is -4.47. The van der Waals surface area contributed by atoms with E-state index in [1.807, 2.05) is 34.7 Å². The van der Waals surface area contributed by atoms with Crippen LogP contribution in [0.15, 0.2) is 66.9 Å². The number of carbonyl (C=O) groups is 2. The molecular formula is C28H26F3N5O3. The molecule has 1 aliphatic rings. The number of nitrogens with one attached hydrogen (secondary N) is 1. The van der Waals surface area contributed by atoms with Crippen molar-refractivity contribution in [3.63, 3.8) is 0 Å². The normalized spacial score (nSPS) is 13.9. The number of halogens is 3. The monoisotopic (exact) mass is 537 g/mol. The molecule has 8 nitrogen and oxygen atoms in total. The maximum absolute atomic E-state index is 13.0. The number of fused-ring (bicyclic) bond motifs is 1. The second-order valence-corrected chi connectivity index (χ2v) is 9.25. The molecule has 0 aliphatic carbocycles. The number of aryl methyl sites for hydroxylation is 1. The largest absolute Gasteiger partial charge is 0.439 e. The Bertz CT molecular complexity index is 1510. The van der Waals surface area contributed by atoms with Crippen molar-refractivity contribution < 1.29 is 27.5 Å². The molecule has 3 heterocycles. The van der Waals surface area contributed by atoms with Gasteiger partial charge in [-0.15, -0.1) is 0 Å². The Morgan fingerprint density at radius 2 is 1.72 bits per heavy atom. The van der Waals surface area contributed by atoms with Gasteiger partial charge in [0.25, 0.3) is 11.8 Å². The topological polar surface area (TPSA) is 79.7 Å². The molecule has 0 unspecified atom stereocenters. The van der Waals surface area contributed by atoms with Crippen molar-refractivity contribution in [1.82, 2.24) is 19.8 Å². The van der Waals surface area contributed by atoms with Crippen molar-refractivity contribution in [3.8, 4) is 11.6 Å². The van der Waals surface area contributed by atoms with E-state index < -0.39 is 17.6 Å². The fourth-order valence-electron chi connectivity index (χ4n) is 4.49. The lowest BCUT2D eigenvalue weighted by Crippen LogP contribution is -2.46. The lowest BCUT2D eigenvalue weighted by molar-refractivity contribution is -0.137. The summed E-state index contributed by atoms with van der Waals surface area (Å²) >= 11 is 0. The van der Waals surface area contributed by atoms with Crippen LogP contribution in [-0.2, 0) is 13.2 Å². The lowest BCUT2D eigenvalue weighted by Gasteiger charge is -2.27. The molecule has 2 aromatic carbocycles. The lowest BCUT2D eigenvalue weighted by atomic mass is 10.1. The van der Waals surface area contributed by atoms with Gasteiger partial charge in [0.1, 0.15) is 11.4 Å². The van der Waals surface area contributed by atoms with Crippen LogP contribution in [0.5, 0.6) is 11.6 Å². The Hall–Kier alpha value is -4.38. The quantitative estimate of drug-likeness (QED) is 0.399. The van der Waals surface area contributed by atoms with E-state index in [-0.39, 0.29) is 11.5 Å². The highest BCUT2D eigenvalue weighted by Gasteiger charge is 2.30. The summed E-state index contributed by atoms with van der Waals surface area (Å²) in [4.78, 5) is 33.2. The summed E-state index contributed by atoms with van der Waals surface area (Å²) in [5.41, 5.74) is 1.25. The van der Waals surface area contributed by atoms with Gasteiger partial charge in [0.2, 0.25) is 5.88 Å². The highest BCUT2D eigenvalue weighted by atomic mass is 19.4. The third-order valence-corrected chi connectivity index (χ3v) is 6.73. The van der Waals surface area contributed by atoms with Crippen molar-refractivity contribution in [1.29, 1.82) is 0 Å². The number of amides is 2. The molecule has 0 atom stereocenters. The molecule has 4 aromatic rings. The fourth-order valence-corrected chi connectivity index (χ4v) is 4.49. The summed E-state index contributed by atoms with van der Waals surface area (Å²) in [7, 11) is 3.38. The molecule has 1 aliphatic heterocycles. The number of ether oxygens (including phenoxy) is 1. The summed E-state index contributed by atoms with van der Waals surface area (Å²) in [6.07, 6.45) is -3.02. The number of aromatic nitrogens is 2. The van der Waals surface area contributed by atoms with E-state index in [0.29, 0.717) is 36.1 Å². The van der Waals surface area contributed by atoms with Crippen LogP contribution in [0.25, 0.3) is 10.9 Å². The number of benzene rings is 2. The molecular weight excluding hydrogens is 511 g/mol. The van der Waals surface area contributed by atoms with Gasteiger partial charge in [-0.05, 0) is 54.6 Å². The summed E-state index contributed by atoms with van der Waals surface area (Å²) in [5, 5.41) is 4.10. The first kappa shape index (κ1) is 26.2. The molecule has 5 rings (SSSR count). The molecule has 0 bridgehead atoms. The molecule has 11 heteroatoms. The summed E-state index contributed by atoms with van der Waals surface area (Å²) in [6, 6.07) is 14.6. The van der Waals surface area contributed by atoms with Crippen molar-refractivity contribution in [3.05, 3.63) is 83.7 Å². The van der Waals surface area contributed by atoms with E-state index in [1.54, 1.807) is 18.2 Å². The number of hydrogen-bond donors (Lipinski definition) is 1. The predicted molar refractivity (Wildman–Crippen MR) is 140 cm³/mol. The molecule has 1 saturated heterocycles. The third-order valence-electron chi connectivity index (χ3n) is 6.73. The molecule has 0 radical (unpaired) electrons. The van der Waals surface area contributed by atoms with Crippen LogP contribution in [0.3, 0.4) is 0 Å². The predicted octanol–water partition coefficient (Wildman–Crippen LogP) is 4.71. The van der Waals surface area contributed by atoms with Gasteiger partial charge in [0, 0.05) is 62.8 Å². The third kappa shape index (κ3) is 5.44. The van der Waals surface area contributed by atoms with Crippen molar-refractivity contribution in [2.75, 3.05) is 38.1 Å². The van der Waals surface area contributed by atoms with Crippen LogP contribution >= 0.6 is 0 Å². The Morgan fingerprint density at radius 3 is 2.36 bits per heavy atom. The standard InChI is InChI=1S/C28H26F3N5O3/c1-34(26(37)18-3-5-20(6-4-18)28(29,30)31)21-7-10-25(33-17-21)39-22-8-9-23-19(15-22)16-24(35(23)2)27(38)36-13-11-32-12-14-36/h3-10,15-17,32H,11-14H2,1-2H3. The zero-order chi connectivity index (χ0) is 27.7. The average Bonchev–Trinajstić information content (AvgIpc) is 3.27. The first-order valence-electron chi connectivity index (χ1n) is 12.3. The number of hydrogen-bond acceptors (Lipinski definition) is 5. The van der Waals surface area contributed by atoms with Gasteiger partial charge < -0.3 is 24.4 Å². The number of rotatable bonds is 5. The van der Waals surface area contributed by atoms with Gasteiger partial charge in [-0.3, -0.25) is 9.59 Å². The van der Waals surface area contributed by atoms with E-state index in [4.69, 9.17) is 4.74 Å². The minimum Gasteiger partial charge on any atom is -0.439 e. The zero-order valence-electron chi connectivity index (χ0n) is 21.3. The first-order valence-corrected chi connectivity index (χ1v) is 12.3. The second-order valence-electron chi connectivity index (χ2n) is 9.25. The number of alkyl halides is 3. The van der Waals surface area contributed by atoms with Crippen LogP contribution in [0.4, 0.5) is 18.9 Å². The molecule has 0 saturated carbocycles. The van der Waals surface area contributed by atoms with Crippen LogP contribution < -0.4 is 15.0 Å². The van der Waals surface area contributed by atoms with E-state index in [9.17, 15) is 22.8 Å². The Labute approximate surface area is 222 Å². The first-order chi connectivity index (χ1) is 18.6. The van der Waals surface area contributed by atoms with E-state index >= 15 is 0 Å². The van der Waals surface area contributed by atoms with Crippen LogP contribution in [0, 0.1) is 0 Å². The summed E-state index contributed by atoms with van der Waals surface area (Å²) in [6.45, 7) is 2.89. The fraction of sp³-hybridized carbons (Fsp3) is 0.250. The van der Waals surface area contributed by atoms with Gasteiger partial charge in [0.15, 0.2) is 0 Å². The number of piperazine rings is 1. The number of nitrogens with zero attached hydrogens (tertiary/aromatic N) is 4. The number of carbonyl (C=O) groups excluding carboxylic acids is 2. The van der Waals surface area contributed by atoms with Gasteiger partial charge in [-0.25, -0.2) is 4.98 Å². The number of anilines is 1. The molecule has 1 N–H and O–H groups in total. The Kier molecular flexibility index (Phi) is 7.00. The summed E-state index contributed by atoms with van der Waals surface area (Å²) < 4.78 is 46.2. The molecule has 2 amide bonds. The maximum atomic E-state index is 13.0. The molecule has 0 spiro atoms. The van der Waals surface area contributed by atoms with E-state index in [1.165, 1.54) is 18.1 Å². The van der Waals surface area contributed by atoms with Gasteiger partial charge >= 0.3 is 6.18 Å². The van der Waals surface area contributed by atoms with Crippen molar-refractivity contribution in [2.45, 2.75) is 6.18 Å². The average molecular weight is 538 g/mol. The van der Waals surface area contributed by atoms with E-state index in [0.717, 1.165) is 48.3 Å². The van der Waals surface area contributed by atoms with Crippen LogP contribution in [0.1, 0.15) is 26.4 Å². The Balaban J connectivity index is 1.28. The maximum Gasteiger partial charge on any atom is 0.416 e. The van der Waals surface area contributed by atoms with Gasteiger partial charge in [-0.1, -0.05) is 0 Å². The smallest absolute Gasteiger partial charge is 0.416 e. The van der Waals surface area contributed by atoms with Gasteiger partial charge in [0.05, 0.1) is 17.4 Å². The molecule has 1 fully saturated rings. The molecule has 202 valence electrons.